The van der Waals surface area contributed by atoms with Gasteiger partial charge in [0.1, 0.15) is 11.9 Å². The normalized spacial score (nSPS) is 25.3. The monoisotopic (exact) mass is 626 g/mol. The number of rotatable bonds is 9. The predicted octanol–water partition coefficient (Wildman–Crippen LogP) is 4.43. The molecule has 0 bridgehead atoms. The van der Waals surface area contributed by atoms with Crippen molar-refractivity contribution in [2.45, 2.75) is 63.3 Å². The number of ether oxygens (including phenoxy) is 1. The number of sulfonamides is 1. The molecule has 2 N–H and O–H groups in total. The highest BCUT2D eigenvalue weighted by molar-refractivity contribution is 7.89. The van der Waals surface area contributed by atoms with Crippen LogP contribution in [0.15, 0.2) is 63.0 Å². The van der Waals surface area contributed by atoms with Gasteiger partial charge in [0.25, 0.3) is 0 Å². The highest BCUT2D eigenvalue weighted by Gasteiger charge is 2.48. The van der Waals surface area contributed by atoms with E-state index >= 15 is 0 Å². The van der Waals surface area contributed by atoms with E-state index in [0.29, 0.717) is 42.2 Å². The van der Waals surface area contributed by atoms with E-state index in [1.54, 1.807) is 25.4 Å². The van der Waals surface area contributed by atoms with Crippen molar-refractivity contribution in [1.82, 2.24) is 14.6 Å². The Bertz CT molecular complexity index is 1400. The lowest BCUT2D eigenvalue weighted by Crippen LogP contribution is -2.52. The number of piperidine rings is 1. The lowest BCUT2D eigenvalue weighted by atomic mass is 9.74. The topological polar surface area (TPSA) is 121 Å². The molecule has 13 heteroatoms. The molecule has 0 aromatic carbocycles. The SMILES string of the molecule is C=C(/C(Cl)=C\C(F)=C/C)[C@H]1N=C(c2nccs2)NC(C2CCN(S(=O)(=O)[C@H]3C[C@H](C(C)(C)O)C3)CC2)=C1C(=O)OC. The molecule has 1 aromatic rings. The van der Waals surface area contributed by atoms with Gasteiger partial charge in [0.05, 0.1) is 23.5 Å². The first-order chi connectivity index (χ1) is 19.3. The number of aliphatic hydroxyl groups is 1. The van der Waals surface area contributed by atoms with E-state index in [4.69, 9.17) is 21.3 Å². The number of halogens is 2. The maximum atomic E-state index is 14.0. The Hall–Kier alpha value is -2.38. The lowest BCUT2D eigenvalue weighted by Gasteiger charge is -2.44. The van der Waals surface area contributed by atoms with E-state index in [9.17, 15) is 22.7 Å². The highest BCUT2D eigenvalue weighted by Crippen LogP contribution is 2.42. The van der Waals surface area contributed by atoms with Crippen LogP contribution in [0.1, 0.15) is 51.5 Å². The van der Waals surface area contributed by atoms with Crippen molar-refractivity contribution in [2.75, 3.05) is 20.2 Å². The number of hydrogen-bond donors (Lipinski definition) is 2. The van der Waals surface area contributed by atoms with Crippen LogP contribution in [0.3, 0.4) is 0 Å². The van der Waals surface area contributed by atoms with Crippen molar-refractivity contribution in [2.24, 2.45) is 16.8 Å². The van der Waals surface area contributed by atoms with Gasteiger partial charge < -0.3 is 15.2 Å². The van der Waals surface area contributed by atoms with Crippen LogP contribution in [-0.4, -0.2) is 71.7 Å². The average molecular weight is 627 g/mol. The third-order valence-electron chi connectivity index (χ3n) is 8.03. The third kappa shape index (κ3) is 6.67. The standard InChI is InChI=1S/C28H36ClFN4O5S2/c1-6-19(30)15-21(29)16(2)23-22(27(35)39-5)24(33-25(32-23)26-31-9-12-40-26)17-7-10-34(11-8-17)41(37,38)20-13-18(14-20)28(3,4)36/h6,9,12,15,17-18,20,23,36H,2,7-8,10-11,13-14H2,1,3-5H3,(H,32,33)/b19-6+,21-15+/t18-,20-,23-/m1/s1. The minimum absolute atomic E-state index is 0.00117. The van der Waals surface area contributed by atoms with E-state index in [1.807, 2.05) is 0 Å². The Morgan fingerprint density at radius 3 is 2.54 bits per heavy atom. The average Bonchev–Trinajstić information content (AvgIpc) is 3.44. The summed E-state index contributed by atoms with van der Waals surface area (Å²) < 4.78 is 47.3. The highest BCUT2D eigenvalue weighted by atomic mass is 35.5. The lowest BCUT2D eigenvalue weighted by molar-refractivity contribution is -0.136. The molecular weight excluding hydrogens is 591 g/mol. The van der Waals surface area contributed by atoms with E-state index in [0.717, 1.165) is 6.08 Å². The van der Waals surface area contributed by atoms with Crippen LogP contribution >= 0.6 is 22.9 Å². The van der Waals surface area contributed by atoms with Crippen LogP contribution < -0.4 is 5.32 Å². The summed E-state index contributed by atoms with van der Waals surface area (Å²) in [5.74, 6) is -1.07. The number of aromatic nitrogens is 1. The van der Waals surface area contributed by atoms with Gasteiger partial charge in [-0.25, -0.2) is 26.9 Å². The quantitative estimate of drug-likeness (QED) is 0.307. The largest absolute Gasteiger partial charge is 0.466 e. The molecule has 0 unspecified atom stereocenters. The number of carbonyl (C=O) groups excluding carboxylic acids is 1. The van der Waals surface area contributed by atoms with Crippen molar-refractivity contribution in [3.63, 3.8) is 0 Å². The molecule has 2 fully saturated rings. The molecule has 3 aliphatic rings. The molecule has 0 amide bonds. The van der Waals surface area contributed by atoms with Crippen molar-refractivity contribution in [1.29, 1.82) is 0 Å². The molecule has 0 radical (unpaired) electrons. The molecule has 9 nitrogen and oxygen atoms in total. The summed E-state index contributed by atoms with van der Waals surface area (Å²) in [4.78, 5) is 22.2. The number of nitrogens with zero attached hydrogens (tertiary/aromatic N) is 3. The molecule has 41 heavy (non-hydrogen) atoms. The minimum atomic E-state index is -3.52. The van der Waals surface area contributed by atoms with Crippen LogP contribution in [0.5, 0.6) is 0 Å². The van der Waals surface area contributed by atoms with Gasteiger partial charge in [0.2, 0.25) is 10.0 Å². The van der Waals surface area contributed by atoms with Gasteiger partial charge in [-0.3, -0.25) is 4.99 Å². The summed E-state index contributed by atoms with van der Waals surface area (Å²) in [5.41, 5.74) is 0.0417. The first-order valence-electron chi connectivity index (χ1n) is 13.4. The zero-order chi connectivity index (χ0) is 30.1. The maximum Gasteiger partial charge on any atom is 0.338 e. The molecule has 3 heterocycles. The summed E-state index contributed by atoms with van der Waals surface area (Å²) in [7, 11) is -2.26. The first kappa shape index (κ1) is 31.6. The first-order valence-corrected chi connectivity index (χ1v) is 16.2. The number of methoxy groups -OCH3 is 1. The minimum Gasteiger partial charge on any atom is -0.466 e. The zero-order valence-corrected chi connectivity index (χ0v) is 26.0. The molecule has 1 atom stereocenters. The molecule has 1 saturated heterocycles. The fourth-order valence-electron chi connectivity index (χ4n) is 5.35. The number of carbonyl (C=O) groups is 1. The number of esters is 1. The number of aliphatic imine (C=N–C) groups is 1. The third-order valence-corrected chi connectivity index (χ3v) is 11.5. The fraction of sp³-hybridized carbons (Fsp3) is 0.536. The number of allylic oxidation sites excluding steroid dienone is 4. The summed E-state index contributed by atoms with van der Waals surface area (Å²) >= 11 is 7.78. The fourth-order valence-corrected chi connectivity index (χ4v) is 8.23. The molecule has 4 rings (SSSR count). The molecule has 1 aromatic heterocycles. The van der Waals surface area contributed by atoms with Crippen molar-refractivity contribution in [3.8, 4) is 0 Å². The Kier molecular flexibility index (Phi) is 9.59. The van der Waals surface area contributed by atoms with E-state index in [-0.39, 0.29) is 41.1 Å². The zero-order valence-electron chi connectivity index (χ0n) is 23.6. The second-order valence-electron chi connectivity index (χ2n) is 11.0. The van der Waals surface area contributed by atoms with E-state index in [2.05, 4.69) is 16.9 Å². The van der Waals surface area contributed by atoms with Gasteiger partial charge in [-0.05, 0) is 64.0 Å². The Morgan fingerprint density at radius 1 is 1.34 bits per heavy atom. The van der Waals surface area contributed by atoms with E-state index in [1.165, 1.54) is 35.8 Å². The smallest absolute Gasteiger partial charge is 0.338 e. The Labute approximate surface area is 249 Å². The van der Waals surface area contributed by atoms with Crippen LogP contribution in [-0.2, 0) is 19.6 Å². The van der Waals surface area contributed by atoms with Gasteiger partial charge in [-0.15, -0.1) is 11.3 Å². The number of thiazole rings is 1. The summed E-state index contributed by atoms with van der Waals surface area (Å²) in [6.07, 6.45) is 5.77. The molecule has 2 aliphatic heterocycles. The van der Waals surface area contributed by atoms with Crippen molar-refractivity contribution in [3.05, 3.63) is 63.0 Å². The number of hydrogen-bond acceptors (Lipinski definition) is 9. The molecular formula is C28H36ClFN4O5S2. The van der Waals surface area contributed by atoms with Crippen molar-refractivity contribution >= 4 is 44.8 Å². The van der Waals surface area contributed by atoms with Crippen LogP contribution in [0.4, 0.5) is 4.39 Å². The molecule has 224 valence electrons. The second-order valence-corrected chi connectivity index (χ2v) is 14.5. The molecule has 1 aliphatic carbocycles. The summed E-state index contributed by atoms with van der Waals surface area (Å²) in [6.45, 7) is 9.54. The summed E-state index contributed by atoms with van der Waals surface area (Å²) in [6, 6.07) is -0.971. The number of nitrogens with one attached hydrogen (secondary N) is 1. The van der Waals surface area contributed by atoms with Crippen LogP contribution in [0.2, 0.25) is 0 Å². The molecule has 1 saturated carbocycles. The van der Waals surface area contributed by atoms with Crippen LogP contribution in [0, 0.1) is 11.8 Å². The van der Waals surface area contributed by atoms with Crippen LogP contribution in [0.25, 0.3) is 0 Å². The van der Waals surface area contributed by atoms with Gasteiger partial charge in [-0.2, -0.15) is 0 Å². The second kappa shape index (κ2) is 12.5. The predicted molar refractivity (Wildman–Crippen MR) is 159 cm³/mol. The van der Waals surface area contributed by atoms with E-state index < -0.39 is 38.7 Å². The number of amidine groups is 1. The van der Waals surface area contributed by atoms with Crippen molar-refractivity contribution < 1.29 is 27.4 Å². The summed E-state index contributed by atoms with van der Waals surface area (Å²) in [5, 5.41) is 15.4. The Morgan fingerprint density at radius 2 is 2.00 bits per heavy atom. The van der Waals surface area contributed by atoms with Gasteiger partial charge in [0, 0.05) is 41.3 Å². The molecule has 0 spiro atoms. The van der Waals surface area contributed by atoms with Gasteiger partial charge in [0.15, 0.2) is 10.8 Å². The maximum absolute atomic E-state index is 14.0. The Balaban J connectivity index is 1.62. The van der Waals surface area contributed by atoms with Gasteiger partial charge >= 0.3 is 5.97 Å². The van der Waals surface area contributed by atoms with Gasteiger partial charge in [-0.1, -0.05) is 24.3 Å².